The van der Waals surface area contributed by atoms with Gasteiger partial charge in [-0.15, -0.1) is 11.3 Å². The number of thiophene rings is 1. The number of nitrogens with one attached hydrogen (secondary N) is 1. The van der Waals surface area contributed by atoms with E-state index in [0.29, 0.717) is 19.6 Å². The van der Waals surface area contributed by atoms with E-state index in [0.717, 1.165) is 45.2 Å². The van der Waals surface area contributed by atoms with Gasteiger partial charge in [0.2, 0.25) is 0 Å². The minimum Gasteiger partial charge on any atom is -0.360 e. The van der Waals surface area contributed by atoms with Crippen LogP contribution in [0.3, 0.4) is 0 Å². The summed E-state index contributed by atoms with van der Waals surface area (Å²) >= 11 is 1.79. The van der Waals surface area contributed by atoms with Crippen molar-refractivity contribution in [2.45, 2.75) is 6.92 Å². The molecule has 0 radical (unpaired) electrons. The zero-order chi connectivity index (χ0) is 18.4. The molecule has 0 saturated carbocycles. The molecule has 2 aliphatic rings. The average molecular weight is 400 g/mol. The number of nitrogens with zero attached hydrogens (tertiary/aromatic N) is 4. The molecule has 0 amide bonds. The normalized spacial score (nSPS) is 21.8. The van der Waals surface area contributed by atoms with E-state index < -0.39 is 9.84 Å². The molecule has 26 heavy (non-hydrogen) atoms. The van der Waals surface area contributed by atoms with E-state index in [1.54, 1.807) is 11.3 Å². The fraction of sp³-hybridized carbons (Fsp3) is 0.706. The first-order valence-electron chi connectivity index (χ1n) is 9.32. The summed E-state index contributed by atoms with van der Waals surface area (Å²) < 4.78 is 23.0. The van der Waals surface area contributed by atoms with Crippen molar-refractivity contribution in [3.8, 4) is 0 Å². The highest BCUT2D eigenvalue weighted by atomic mass is 32.2. The third-order valence-electron chi connectivity index (χ3n) is 4.85. The predicted molar refractivity (Wildman–Crippen MR) is 109 cm³/mol. The zero-order valence-corrected chi connectivity index (χ0v) is 17.1. The van der Waals surface area contributed by atoms with Crippen molar-refractivity contribution in [1.82, 2.24) is 15.1 Å². The second-order valence-electron chi connectivity index (χ2n) is 6.65. The van der Waals surface area contributed by atoms with Crippen LogP contribution < -0.4 is 10.2 Å². The molecule has 2 saturated heterocycles. The molecule has 0 unspecified atom stereocenters. The summed E-state index contributed by atoms with van der Waals surface area (Å²) in [6.45, 7) is 9.68. The summed E-state index contributed by atoms with van der Waals surface area (Å²) in [5, 5.41) is 6.86. The maximum Gasteiger partial charge on any atom is 0.194 e. The highest BCUT2D eigenvalue weighted by Gasteiger charge is 2.22. The van der Waals surface area contributed by atoms with Gasteiger partial charge in [-0.05, 0) is 24.4 Å². The first-order valence-corrected chi connectivity index (χ1v) is 12.0. The number of guanidine groups is 1. The molecule has 3 rings (SSSR count). The van der Waals surface area contributed by atoms with Crippen molar-refractivity contribution in [3.63, 3.8) is 0 Å². The van der Waals surface area contributed by atoms with Crippen molar-refractivity contribution in [1.29, 1.82) is 0 Å². The Morgan fingerprint density at radius 2 is 1.92 bits per heavy atom. The van der Waals surface area contributed by atoms with Crippen LogP contribution in [0.5, 0.6) is 0 Å². The molecule has 0 atom stereocenters. The van der Waals surface area contributed by atoms with E-state index in [9.17, 15) is 8.42 Å². The Balaban J connectivity index is 1.48. The molecule has 1 aromatic rings. The summed E-state index contributed by atoms with van der Waals surface area (Å²) in [5.74, 6) is 1.53. The Morgan fingerprint density at radius 3 is 2.54 bits per heavy atom. The van der Waals surface area contributed by atoms with Crippen LogP contribution in [0.15, 0.2) is 22.5 Å². The van der Waals surface area contributed by atoms with Gasteiger partial charge in [0.05, 0.1) is 23.1 Å². The number of hydrogen-bond donors (Lipinski definition) is 1. The van der Waals surface area contributed by atoms with E-state index in [4.69, 9.17) is 4.99 Å². The smallest absolute Gasteiger partial charge is 0.194 e. The maximum absolute atomic E-state index is 11.5. The van der Waals surface area contributed by atoms with Gasteiger partial charge in [-0.3, -0.25) is 9.89 Å². The molecule has 0 aliphatic carbocycles. The maximum atomic E-state index is 11.5. The number of hydrogen-bond acceptors (Lipinski definition) is 6. The summed E-state index contributed by atoms with van der Waals surface area (Å²) in [6.07, 6.45) is 0. The van der Waals surface area contributed by atoms with Crippen LogP contribution in [-0.4, -0.2) is 94.6 Å². The average Bonchev–Trinajstić information content (AvgIpc) is 3.17. The molecule has 0 bridgehead atoms. The SMILES string of the molecule is CCNC(=NCCN1CCS(=O)(=O)CC1)N1CCN(c2cccs2)CC1. The van der Waals surface area contributed by atoms with Gasteiger partial charge in [-0.2, -0.15) is 0 Å². The van der Waals surface area contributed by atoms with Crippen LogP contribution in [0.1, 0.15) is 6.92 Å². The minimum absolute atomic E-state index is 0.279. The third kappa shape index (κ3) is 5.34. The number of sulfone groups is 1. The molecular weight excluding hydrogens is 370 g/mol. The minimum atomic E-state index is -2.81. The Morgan fingerprint density at radius 1 is 1.19 bits per heavy atom. The lowest BCUT2D eigenvalue weighted by atomic mass is 10.3. The molecule has 0 aromatic carbocycles. The molecule has 1 aromatic heterocycles. The highest BCUT2D eigenvalue weighted by Crippen LogP contribution is 2.22. The standard InChI is InChI=1S/C17H29N5O2S2/c1-2-18-17(19-5-6-20-11-14-26(23,24)15-12-20)22-9-7-21(8-10-22)16-4-3-13-25-16/h3-4,13H,2,5-12,14-15H2,1H3,(H,18,19). The van der Waals surface area contributed by atoms with Gasteiger partial charge in [0, 0.05) is 52.4 Å². The molecule has 9 heteroatoms. The Hall–Kier alpha value is -1.32. The van der Waals surface area contributed by atoms with Crippen molar-refractivity contribution in [2.75, 3.05) is 75.3 Å². The van der Waals surface area contributed by atoms with E-state index in [2.05, 4.69) is 44.5 Å². The number of rotatable bonds is 5. The largest absolute Gasteiger partial charge is 0.360 e. The lowest BCUT2D eigenvalue weighted by molar-refractivity contribution is 0.302. The van der Waals surface area contributed by atoms with E-state index >= 15 is 0 Å². The fourth-order valence-corrected chi connectivity index (χ4v) is 5.35. The quantitative estimate of drug-likeness (QED) is 0.577. The monoisotopic (exact) mass is 399 g/mol. The van der Waals surface area contributed by atoms with Crippen LogP contribution in [0, 0.1) is 0 Å². The Kier molecular flexibility index (Phi) is 6.77. The molecular formula is C17H29N5O2S2. The van der Waals surface area contributed by atoms with Gasteiger partial charge < -0.3 is 15.1 Å². The van der Waals surface area contributed by atoms with Gasteiger partial charge in [0.25, 0.3) is 0 Å². The first-order chi connectivity index (χ1) is 12.6. The van der Waals surface area contributed by atoms with Crippen molar-refractivity contribution >= 4 is 32.1 Å². The summed E-state index contributed by atoms with van der Waals surface area (Å²) in [7, 11) is -2.81. The Labute approximate surface area is 160 Å². The van der Waals surface area contributed by atoms with E-state index in [1.807, 2.05) is 0 Å². The molecule has 0 spiro atoms. The molecule has 2 fully saturated rings. The zero-order valence-electron chi connectivity index (χ0n) is 15.4. The third-order valence-corrected chi connectivity index (χ3v) is 7.38. The number of aliphatic imine (C=N–C) groups is 1. The summed E-state index contributed by atoms with van der Waals surface area (Å²) in [6, 6.07) is 4.28. The van der Waals surface area contributed by atoms with Gasteiger partial charge >= 0.3 is 0 Å². The summed E-state index contributed by atoms with van der Waals surface area (Å²) in [4.78, 5) is 11.7. The second kappa shape index (κ2) is 9.05. The van der Waals surface area contributed by atoms with Crippen LogP contribution >= 0.6 is 11.3 Å². The molecule has 3 heterocycles. The van der Waals surface area contributed by atoms with Crippen molar-refractivity contribution in [2.24, 2.45) is 4.99 Å². The predicted octanol–water partition coefficient (Wildman–Crippen LogP) is 0.566. The first kappa shape index (κ1) is 19.4. The Bertz CT molecular complexity index is 668. The molecule has 2 aliphatic heterocycles. The van der Waals surface area contributed by atoms with Gasteiger partial charge in [0.1, 0.15) is 0 Å². The van der Waals surface area contributed by atoms with Crippen LogP contribution in [0.4, 0.5) is 5.00 Å². The summed E-state index contributed by atoms with van der Waals surface area (Å²) in [5.41, 5.74) is 0. The van der Waals surface area contributed by atoms with Gasteiger partial charge in [0.15, 0.2) is 15.8 Å². The van der Waals surface area contributed by atoms with E-state index in [-0.39, 0.29) is 11.5 Å². The lowest BCUT2D eigenvalue weighted by Crippen LogP contribution is -2.52. The molecule has 146 valence electrons. The second-order valence-corrected chi connectivity index (χ2v) is 9.88. The van der Waals surface area contributed by atoms with Crippen LogP contribution in [0.25, 0.3) is 0 Å². The topological polar surface area (TPSA) is 68.2 Å². The molecule has 1 N–H and O–H groups in total. The highest BCUT2D eigenvalue weighted by molar-refractivity contribution is 7.91. The van der Waals surface area contributed by atoms with Crippen molar-refractivity contribution < 1.29 is 8.42 Å². The number of anilines is 1. The lowest BCUT2D eigenvalue weighted by Gasteiger charge is -2.37. The number of piperazine rings is 1. The van der Waals surface area contributed by atoms with Gasteiger partial charge in [-0.1, -0.05) is 0 Å². The van der Waals surface area contributed by atoms with Crippen molar-refractivity contribution in [3.05, 3.63) is 17.5 Å². The fourth-order valence-electron chi connectivity index (χ4n) is 3.29. The van der Waals surface area contributed by atoms with Gasteiger partial charge in [-0.25, -0.2) is 8.42 Å². The van der Waals surface area contributed by atoms with Crippen LogP contribution in [-0.2, 0) is 9.84 Å². The van der Waals surface area contributed by atoms with Crippen LogP contribution in [0.2, 0.25) is 0 Å². The van der Waals surface area contributed by atoms with E-state index in [1.165, 1.54) is 5.00 Å². The molecule has 7 nitrogen and oxygen atoms in total.